The molecule has 0 aliphatic carbocycles. The normalized spacial score (nSPS) is 11.4. The molecule has 1 amide bonds. The maximum Gasteiger partial charge on any atom is 0.221 e. The minimum absolute atomic E-state index is 0.134. The molecule has 0 aromatic carbocycles. The summed E-state index contributed by atoms with van der Waals surface area (Å²) in [5, 5.41) is 6.08. The summed E-state index contributed by atoms with van der Waals surface area (Å²) in [5.74, 6) is 0.134. The fourth-order valence-electron chi connectivity index (χ4n) is 1.04. The van der Waals surface area contributed by atoms with E-state index in [2.05, 4.69) is 31.4 Å². The molecule has 3 heteroatoms. The first-order chi connectivity index (χ1) is 6.52. The first-order valence-electron chi connectivity index (χ1n) is 5.49. The lowest BCUT2D eigenvalue weighted by Gasteiger charge is -2.22. The molecule has 0 spiro atoms. The Labute approximate surface area is 87.6 Å². The molecule has 0 aliphatic heterocycles. The van der Waals surface area contributed by atoms with E-state index in [0.29, 0.717) is 11.8 Å². The summed E-state index contributed by atoms with van der Waals surface area (Å²) >= 11 is 0. The lowest BCUT2D eigenvalue weighted by molar-refractivity contribution is -0.120. The Morgan fingerprint density at radius 2 is 1.93 bits per heavy atom. The molecule has 0 saturated heterocycles. The summed E-state index contributed by atoms with van der Waals surface area (Å²) in [4.78, 5) is 11.1. The van der Waals surface area contributed by atoms with Crippen LogP contribution in [0.4, 0.5) is 0 Å². The summed E-state index contributed by atoms with van der Waals surface area (Å²) in [5.41, 5.74) is 0.335. The van der Waals surface area contributed by atoms with Crippen molar-refractivity contribution in [1.82, 2.24) is 10.6 Å². The number of hydrogen-bond donors (Lipinski definition) is 2. The van der Waals surface area contributed by atoms with Gasteiger partial charge in [-0.1, -0.05) is 20.8 Å². The van der Waals surface area contributed by atoms with Gasteiger partial charge in [-0.05, 0) is 18.8 Å². The van der Waals surface area contributed by atoms with Crippen LogP contribution in [-0.2, 0) is 4.79 Å². The summed E-state index contributed by atoms with van der Waals surface area (Å²) in [6.07, 6.45) is 1.73. The molecule has 84 valence electrons. The molecule has 14 heavy (non-hydrogen) atoms. The van der Waals surface area contributed by atoms with Gasteiger partial charge in [0.15, 0.2) is 0 Å². The highest BCUT2D eigenvalue weighted by Crippen LogP contribution is 2.17. The van der Waals surface area contributed by atoms with Crippen LogP contribution in [0, 0.1) is 5.41 Å². The van der Waals surface area contributed by atoms with E-state index in [1.807, 2.05) is 6.92 Å². The van der Waals surface area contributed by atoms with Crippen molar-refractivity contribution in [1.29, 1.82) is 0 Å². The summed E-state index contributed by atoms with van der Waals surface area (Å²) in [6, 6.07) is 0. The molecule has 0 aromatic rings. The van der Waals surface area contributed by atoms with Gasteiger partial charge in [-0.3, -0.25) is 4.79 Å². The number of carbonyl (C=O) groups excluding carboxylic acids is 1. The van der Waals surface area contributed by atoms with Crippen LogP contribution in [-0.4, -0.2) is 25.5 Å². The Balaban J connectivity index is 3.42. The van der Waals surface area contributed by atoms with Crippen LogP contribution in [0.1, 0.15) is 40.5 Å². The minimum Gasteiger partial charge on any atom is -0.356 e. The van der Waals surface area contributed by atoms with E-state index >= 15 is 0 Å². The zero-order valence-electron chi connectivity index (χ0n) is 9.94. The maximum absolute atomic E-state index is 11.1. The highest BCUT2D eigenvalue weighted by atomic mass is 16.1. The van der Waals surface area contributed by atoms with Gasteiger partial charge in [0.05, 0.1) is 0 Å². The quantitative estimate of drug-likeness (QED) is 0.612. The highest BCUT2D eigenvalue weighted by molar-refractivity contribution is 5.75. The van der Waals surface area contributed by atoms with Crippen LogP contribution in [0.2, 0.25) is 0 Å². The Morgan fingerprint density at radius 1 is 1.29 bits per heavy atom. The smallest absolute Gasteiger partial charge is 0.221 e. The molecule has 0 heterocycles. The van der Waals surface area contributed by atoms with Crippen LogP contribution in [0.3, 0.4) is 0 Å². The third-order valence-corrected chi connectivity index (χ3v) is 2.46. The second kappa shape index (κ2) is 6.82. The van der Waals surface area contributed by atoms with Crippen LogP contribution in [0.25, 0.3) is 0 Å². The first kappa shape index (κ1) is 13.4. The van der Waals surface area contributed by atoms with E-state index in [1.165, 1.54) is 0 Å². The van der Waals surface area contributed by atoms with Crippen molar-refractivity contribution in [2.24, 2.45) is 5.41 Å². The van der Waals surface area contributed by atoms with E-state index in [1.54, 1.807) is 0 Å². The fraction of sp³-hybridized carbons (Fsp3) is 0.909. The lowest BCUT2D eigenvalue weighted by atomic mass is 9.90. The van der Waals surface area contributed by atoms with Crippen molar-refractivity contribution in [3.8, 4) is 0 Å². The maximum atomic E-state index is 11.1. The van der Waals surface area contributed by atoms with Gasteiger partial charge in [0.25, 0.3) is 0 Å². The third kappa shape index (κ3) is 6.89. The average Bonchev–Trinajstić information content (AvgIpc) is 2.13. The molecule has 0 rings (SSSR count). The van der Waals surface area contributed by atoms with Crippen molar-refractivity contribution in [3.05, 3.63) is 0 Å². The van der Waals surface area contributed by atoms with Gasteiger partial charge in [0, 0.05) is 26.1 Å². The standard InChI is InChI=1S/C11H24N2O/c1-5-11(3,4)9-12-8-7-10(14)13-6-2/h12H,5-9H2,1-4H3,(H,13,14). The molecule has 0 bridgehead atoms. The summed E-state index contributed by atoms with van der Waals surface area (Å²) in [7, 11) is 0. The molecule has 0 saturated carbocycles. The number of hydrogen-bond acceptors (Lipinski definition) is 2. The van der Waals surface area contributed by atoms with Crippen molar-refractivity contribution >= 4 is 5.91 Å². The van der Waals surface area contributed by atoms with Crippen LogP contribution in [0.5, 0.6) is 0 Å². The number of rotatable bonds is 7. The van der Waals surface area contributed by atoms with E-state index in [9.17, 15) is 4.79 Å². The molecular weight excluding hydrogens is 176 g/mol. The fourth-order valence-corrected chi connectivity index (χ4v) is 1.04. The predicted molar refractivity (Wildman–Crippen MR) is 60.2 cm³/mol. The van der Waals surface area contributed by atoms with Crippen molar-refractivity contribution < 1.29 is 4.79 Å². The van der Waals surface area contributed by atoms with Gasteiger partial charge < -0.3 is 10.6 Å². The molecule has 0 unspecified atom stereocenters. The van der Waals surface area contributed by atoms with Gasteiger partial charge in [-0.2, -0.15) is 0 Å². The number of nitrogens with one attached hydrogen (secondary N) is 2. The Hall–Kier alpha value is -0.570. The minimum atomic E-state index is 0.134. The predicted octanol–water partition coefficient (Wildman–Crippen LogP) is 1.54. The topological polar surface area (TPSA) is 41.1 Å². The third-order valence-electron chi connectivity index (χ3n) is 2.46. The van der Waals surface area contributed by atoms with E-state index < -0.39 is 0 Å². The zero-order valence-corrected chi connectivity index (χ0v) is 9.94. The molecule has 0 atom stereocenters. The molecule has 0 aliphatic rings. The number of carbonyl (C=O) groups is 1. The van der Waals surface area contributed by atoms with Gasteiger partial charge in [-0.25, -0.2) is 0 Å². The molecule has 0 fully saturated rings. The Bertz CT molecular complexity index is 167. The Morgan fingerprint density at radius 3 is 2.43 bits per heavy atom. The van der Waals surface area contributed by atoms with E-state index in [0.717, 1.165) is 26.1 Å². The average molecular weight is 200 g/mol. The molecule has 3 nitrogen and oxygen atoms in total. The van der Waals surface area contributed by atoms with Crippen LogP contribution >= 0.6 is 0 Å². The molecule has 2 N–H and O–H groups in total. The van der Waals surface area contributed by atoms with Crippen LogP contribution < -0.4 is 10.6 Å². The van der Waals surface area contributed by atoms with Gasteiger partial charge in [-0.15, -0.1) is 0 Å². The van der Waals surface area contributed by atoms with Crippen molar-refractivity contribution in [2.75, 3.05) is 19.6 Å². The van der Waals surface area contributed by atoms with Crippen LogP contribution in [0.15, 0.2) is 0 Å². The highest BCUT2D eigenvalue weighted by Gasteiger charge is 2.13. The largest absolute Gasteiger partial charge is 0.356 e. The number of amides is 1. The van der Waals surface area contributed by atoms with Gasteiger partial charge >= 0.3 is 0 Å². The van der Waals surface area contributed by atoms with Gasteiger partial charge in [0.1, 0.15) is 0 Å². The summed E-state index contributed by atoms with van der Waals surface area (Å²) < 4.78 is 0. The first-order valence-corrected chi connectivity index (χ1v) is 5.49. The van der Waals surface area contributed by atoms with E-state index in [4.69, 9.17) is 0 Å². The molecular formula is C11H24N2O. The summed E-state index contributed by atoms with van der Waals surface area (Å²) in [6.45, 7) is 11.0. The van der Waals surface area contributed by atoms with Crippen molar-refractivity contribution in [2.45, 2.75) is 40.5 Å². The Kier molecular flexibility index (Phi) is 6.54. The SMILES string of the molecule is CCNC(=O)CCNCC(C)(C)CC. The lowest BCUT2D eigenvalue weighted by Crippen LogP contribution is -2.32. The van der Waals surface area contributed by atoms with Crippen molar-refractivity contribution in [3.63, 3.8) is 0 Å². The second-order valence-electron chi connectivity index (χ2n) is 4.40. The molecule has 0 aromatic heterocycles. The van der Waals surface area contributed by atoms with Gasteiger partial charge in [0.2, 0.25) is 5.91 Å². The second-order valence-corrected chi connectivity index (χ2v) is 4.40. The molecule has 0 radical (unpaired) electrons. The monoisotopic (exact) mass is 200 g/mol. The van der Waals surface area contributed by atoms with E-state index in [-0.39, 0.29) is 5.91 Å². The zero-order chi connectivity index (χ0) is 11.0.